The van der Waals surface area contributed by atoms with Gasteiger partial charge in [-0.1, -0.05) is 11.8 Å². The third kappa shape index (κ3) is 3.13. The van der Waals surface area contributed by atoms with Gasteiger partial charge in [0.1, 0.15) is 0 Å². The topological polar surface area (TPSA) is 24.9 Å². The maximum atomic E-state index is 4.54. The Morgan fingerprint density at radius 1 is 1.37 bits per heavy atom. The third-order valence-corrected chi connectivity index (χ3v) is 6.33. The Hall–Kier alpha value is -0.560. The minimum absolute atomic E-state index is 0.857. The molecule has 19 heavy (non-hydrogen) atoms. The molecule has 2 heterocycles. The predicted octanol–water partition coefficient (Wildman–Crippen LogP) is 5.45. The first-order valence-electron chi connectivity index (χ1n) is 5.66. The molecule has 98 valence electrons. The number of nitrogens with zero attached hydrogens (tertiary/aromatic N) is 1. The van der Waals surface area contributed by atoms with E-state index in [2.05, 4.69) is 62.1 Å². The number of benzene rings is 1. The first kappa shape index (κ1) is 13.4. The summed E-state index contributed by atoms with van der Waals surface area (Å²) in [7, 11) is 0. The summed E-state index contributed by atoms with van der Waals surface area (Å²) in [6.45, 7) is 0.857. The van der Waals surface area contributed by atoms with Crippen LogP contribution in [0, 0.1) is 0 Å². The number of nitrogens with one attached hydrogen (secondary N) is 1. The molecule has 0 atom stereocenters. The standard InChI is InChI=1S/C13H11BrN2S3/c1-17-13-16-11-3-2-9(5-12(11)19-13)15-6-10-4-8(14)7-18-10/h2-5,7,15H,6H2,1H3. The number of hydrogen-bond donors (Lipinski definition) is 1. The molecule has 3 rings (SSSR count). The number of fused-ring (bicyclic) bond motifs is 1. The van der Waals surface area contributed by atoms with Gasteiger partial charge < -0.3 is 5.32 Å². The summed E-state index contributed by atoms with van der Waals surface area (Å²) in [5.41, 5.74) is 2.23. The third-order valence-electron chi connectivity index (χ3n) is 2.63. The minimum Gasteiger partial charge on any atom is -0.380 e. The van der Waals surface area contributed by atoms with Crippen molar-refractivity contribution in [3.8, 4) is 0 Å². The molecule has 1 aromatic carbocycles. The van der Waals surface area contributed by atoms with Gasteiger partial charge in [0, 0.05) is 27.0 Å². The fourth-order valence-corrected chi connectivity index (χ4v) is 4.66. The summed E-state index contributed by atoms with van der Waals surface area (Å²) in [6, 6.07) is 8.50. The summed E-state index contributed by atoms with van der Waals surface area (Å²) in [5.74, 6) is 0. The van der Waals surface area contributed by atoms with E-state index in [9.17, 15) is 0 Å². The Morgan fingerprint density at radius 2 is 2.26 bits per heavy atom. The van der Waals surface area contributed by atoms with Gasteiger partial charge in [-0.05, 0) is 46.5 Å². The Morgan fingerprint density at radius 3 is 3.00 bits per heavy atom. The highest BCUT2D eigenvalue weighted by molar-refractivity contribution is 9.10. The van der Waals surface area contributed by atoms with Crippen molar-refractivity contribution >= 4 is 66.3 Å². The smallest absolute Gasteiger partial charge is 0.150 e. The first-order valence-corrected chi connectivity index (χ1v) is 9.37. The molecule has 0 unspecified atom stereocenters. The average molecular weight is 371 g/mol. The van der Waals surface area contributed by atoms with Gasteiger partial charge in [0.2, 0.25) is 0 Å². The lowest BCUT2D eigenvalue weighted by Crippen LogP contribution is -1.96. The molecule has 0 saturated heterocycles. The van der Waals surface area contributed by atoms with E-state index in [1.54, 1.807) is 34.4 Å². The maximum absolute atomic E-state index is 4.54. The van der Waals surface area contributed by atoms with E-state index in [4.69, 9.17) is 0 Å². The zero-order valence-corrected chi connectivity index (χ0v) is 14.2. The molecule has 0 aliphatic carbocycles. The average Bonchev–Trinajstić information content (AvgIpc) is 3.01. The predicted molar refractivity (Wildman–Crippen MR) is 90.7 cm³/mol. The summed E-state index contributed by atoms with van der Waals surface area (Å²) < 4.78 is 3.51. The van der Waals surface area contributed by atoms with E-state index in [1.165, 1.54) is 9.58 Å². The number of thiazole rings is 1. The molecule has 2 aromatic heterocycles. The molecule has 3 aromatic rings. The maximum Gasteiger partial charge on any atom is 0.150 e. The molecule has 0 saturated carbocycles. The SMILES string of the molecule is CSc1nc2ccc(NCc3cc(Br)cs3)cc2s1. The monoisotopic (exact) mass is 370 g/mol. The molecule has 0 radical (unpaired) electrons. The van der Waals surface area contributed by atoms with Gasteiger partial charge in [-0.15, -0.1) is 22.7 Å². The van der Waals surface area contributed by atoms with Gasteiger partial charge in [0.25, 0.3) is 0 Å². The Labute approximate surface area is 132 Å². The Balaban J connectivity index is 1.77. The number of aromatic nitrogens is 1. The second kappa shape index (κ2) is 5.83. The van der Waals surface area contributed by atoms with Gasteiger partial charge in [-0.3, -0.25) is 0 Å². The quantitative estimate of drug-likeness (QED) is 0.617. The molecule has 0 aliphatic rings. The zero-order chi connectivity index (χ0) is 13.2. The van der Waals surface area contributed by atoms with Crippen LogP contribution in [0.4, 0.5) is 5.69 Å². The van der Waals surface area contributed by atoms with Gasteiger partial charge in [-0.25, -0.2) is 4.98 Å². The van der Waals surface area contributed by atoms with Crippen molar-refractivity contribution in [3.05, 3.63) is 39.0 Å². The lowest BCUT2D eigenvalue weighted by Gasteiger charge is -2.04. The lowest BCUT2D eigenvalue weighted by molar-refractivity contribution is 1.19. The molecule has 1 N–H and O–H groups in total. The summed E-state index contributed by atoms with van der Waals surface area (Å²) in [5, 5.41) is 5.56. The van der Waals surface area contributed by atoms with Crippen LogP contribution in [0.5, 0.6) is 0 Å². The number of thioether (sulfide) groups is 1. The van der Waals surface area contributed by atoms with Crippen LogP contribution in [0.3, 0.4) is 0 Å². The fraction of sp³-hybridized carbons (Fsp3) is 0.154. The second-order valence-electron chi connectivity index (χ2n) is 3.95. The highest BCUT2D eigenvalue weighted by atomic mass is 79.9. The van der Waals surface area contributed by atoms with Crippen molar-refractivity contribution in [2.75, 3.05) is 11.6 Å². The minimum atomic E-state index is 0.857. The number of thiophene rings is 1. The molecule has 0 fully saturated rings. The highest BCUT2D eigenvalue weighted by Gasteiger charge is 2.04. The molecule has 0 bridgehead atoms. The molecule has 6 heteroatoms. The molecular weight excluding hydrogens is 360 g/mol. The number of anilines is 1. The molecular formula is C13H11BrN2S3. The number of halogens is 1. The van der Waals surface area contributed by atoms with Crippen molar-refractivity contribution in [1.29, 1.82) is 0 Å². The Kier molecular flexibility index (Phi) is 4.12. The highest BCUT2D eigenvalue weighted by Crippen LogP contribution is 2.30. The zero-order valence-electron chi connectivity index (χ0n) is 10.1. The molecule has 2 nitrogen and oxygen atoms in total. The first-order chi connectivity index (χ1) is 9.24. The summed E-state index contributed by atoms with van der Waals surface area (Å²) >= 11 is 8.67. The Bertz CT molecular complexity index is 705. The van der Waals surface area contributed by atoms with Gasteiger partial charge >= 0.3 is 0 Å². The van der Waals surface area contributed by atoms with Gasteiger partial charge in [0.05, 0.1) is 10.2 Å². The van der Waals surface area contributed by atoms with Crippen molar-refractivity contribution < 1.29 is 0 Å². The normalized spacial score (nSPS) is 11.1. The number of rotatable bonds is 4. The van der Waals surface area contributed by atoms with E-state index in [0.717, 1.165) is 26.6 Å². The van der Waals surface area contributed by atoms with Crippen LogP contribution < -0.4 is 5.32 Å². The van der Waals surface area contributed by atoms with E-state index in [1.807, 2.05) is 0 Å². The van der Waals surface area contributed by atoms with E-state index in [-0.39, 0.29) is 0 Å². The van der Waals surface area contributed by atoms with E-state index in [0.29, 0.717) is 0 Å². The molecule has 0 spiro atoms. The fourth-order valence-electron chi connectivity index (χ4n) is 1.74. The molecule has 0 amide bonds. The van der Waals surface area contributed by atoms with Gasteiger partial charge in [-0.2, -0.15) is 0 Å². The van der Waals surface area contributed by atoms with Crippen LogP contribution in [-0.4, -0.2) is 11.2 Å². The molecule has 0 aliphatic heterocycles. The van der Waals surface area contributed by atoms with Crippen molar-refractivity contribution in [3.63, 3.8) is 0 Å². The van der Waals surface area contributed by atoms with Crippen molar-refractivity contribution in [1.82, 2.24) is 4.98 Å². The van der Waals surface area contributed by atoms with E-state index < -0.39 is 0 Å². The van der Waals surface area contributed by atoms with Crippen LogP contribution in [0.1, 0.15) is 4.88 Å². The second-order valence-corrected chi connectivity index (χ2v) is 7.95. The van der Waals surface area contributed by atoms with Gasteiger partial charge in [0.15, 0.2) is 4.34 Å². The van der Waals surface area contributed by atoms with Crippen molar-refractivity contribution in [2.45, 2.75) is 10.9 Å². The van der Waals surface area contributed by atoms with Crippen LogP contribution >= 0.6 is 50.4 Å². The van der Waals surface area contributed by atoms with E-state index >= 15 is 0 Å². The van der Waals surface area contributed by atoms with Crippen molar-refractivity contribution in [2.24, 2.45) is 0 Å². The van der Waals surface area contributed by atoms with Crippen LogP contribution in [0.25, 0.3) is 10.2 Å². The summed E-state index contributed by atoms with van der Waals surface area (Å²) in [4.78, 5) is 5.86. The lowest BCUT2D eigenvalue weighted by atomic mass is 10.3. The summed E-state index contributed by atoms with van der Waals surface area (Å²) in [6.07, 6.45) is 2.06. The van der Waals surface area contributed by atoms with Crippen LogP contribution in [0.15, 0.2) is 38.5 Å². The van der Waals surface area contributed by atoms with Crippen LogP contribution in [0.2, 0.25) is 0 Å². The van der Waals surface area contributed by atoms with Crippen LogP contribution in [-0.2, 0) is 6.54 Å². The largest absolute Gasteiger partial charge is 0.380 e. The number of hydrogen-bond acceptors (Lipinski definition) is 5.